The minimum absolute atomic E-state index is 0.217. The van der Waals surface area contributed by atoms with Gasteiger partial charge in [0.2, 0.25) is 5.91 Å². The topological polar surface area (TPSA) is 29.1 Å². The van der Waals surface area contributed by atoms with Crippen LogP contribution in [0.4, 0.5) is 0 Å². The summed E-state index contributed by atoms with van der Waals surface area (Å²) < 4.78 is 0. The lowest BCUT2D eigenvalue weighted by Gasteiger charge is -2.16. The largest absolute Gasteiger partial charge is 0.353 e. The Hall–Kier alpha value is -0.790. The van der Waals surface area contributed by atoms with Gasteiger partial charge in [0.1, 0.15) is 0 Å². The van der Waals surface area contributed by atoms with E-state index < -0.39 is 0 Å². The second-order valence-electron chi connectivity index (χ2n) is 3.60. The van der Waals surface area contributed by atoms with Gasteiger partial charge in [-0.1, -0.05) is 12.2 Å². The third-order valence-electron chi connectivity index (χ3n) is 2.68. The van der Waals surface area contributed by atoms with Crippen LogP contribution in [0.1, 0.15) is 19.8 Å². The fourth-order valence-corrected chi connectivity index (χ4v) is 1.99. The van der Waals surface area contributed by atoms with Crippen molar-refractivity contribution in [1.29, 1.82) is 0 Å². The standard InChI is InChI=1S/C9H13NO/c1-6-8-3-2-7(4-8)5-9(11)10-6/h2-3,6-8H,4-5H2,1H3,(H,10,11)/t6?,7-,8+/m1/s1. The second kappa shape index (κ2) is 2.36. The summed E-state index contributed by atoms with van der Waals surface area (Å²) in [7, 11) is 0. The van der Waals surface area contributed by atoms with E-state index in [-0.39, 0.29) is 5.91 Å². The molecule has 0 aromatic carbocycles. The predicted octanol–water partition coefficient (Wildman–Crippen LogP) is 1.09. The number of hydrogen-bond donors (Lipinski definition) is 1. The molecule has 3 atom stereocenters. The maximum atomic E-state index is 11.1. The molecule has 2 nitrogen and oxygen atoms in total. The van der Waals surface area contributed by atoms with Gasteiger partial charge in [-0.15, -0.1) is 0 Å². The molecule has 0 spiro atoms. The van der Waals surface area contributed by atoms with Crippen LogP contribution in [-0.4, -0.2) is 11.9 Å². The van der Waals surface area contributed by atoms with Gasteiger partial charge in [-0.3, -0.25) is 4.79 Å². The van der Waals surface area contributed by atoms with Crippen LogP contribution in [0.2, 0.25) is 0 Å². The van der Waals surface area contributed by atoms with E-state index in [2.05, 4.69) is 24.4 Å². The van der Waals surface area contributed by atoms with Crippen molar-refractivity contribution in [1.82, 2.24) is 5.32 Å². The number of hydrogen-bond acceptors (Lipinski definition) is 1. The van der Waals surface area contributed by atoms with Gasteiger partial charge in [0, 0.05) is 12.5 Å². The van der Waals surface area contributed by atoms with Crippen LogP contribution in [0.3, 0.4) is 0 Å². The minimum atomic E-state index is 0.217. The number of rotatable bonds is 0. The Kier molecular flexibility index (Phi) is 1.48. The minimum Gasteiger partial charge on any atom is -0.353 e. The number of nitrogens with one attached hydrogen (secondary N) is 1. The fraction of sp³-hybridized carbons (Fsp3) is 0.667. The molecule has 0 radical (unpaired) electrons. The molecule has 1 amide bonds. The lowest BCUT2D eigenvalue weighted by molar-refractivity contribution is -0.121. The van der Waals surface area contributed by atoms with Gasteiger partial charge in [0.05, 0.1) is 0 Å². The summed E-state index contributed by atoms with van der Waals surface area (Å²) in [4.78, 5) is 11.1. The van der Waals surface area contributed by atoms with Gasteiger partial charge in [-0.25, -0.2) is 0 Å². The van der Waals surface area contributed by atoms with Gasteiger partial charge < -0.3 is 5.32 Å². The molecule has 1 heterocycles. The second-order valence-corrected chi connectivity index (χ2v) is 3.60. The summed E-state index contributed by atoms with van der Waals surface area (Å²) in [6, 6.07) is 0.339. The Morgan fingerprint density at radius 1 is 1.55 bits per heavy atom. The molecular formula is C9H13NO. The highest BCUT2D eigenvalue weighted by Crippen LogP contribution is 2.30. The Balaban J connectivity index is 2.19. The average molecular weight is 151 g/mol. The lowest BCUT2D eigenvalue weighted by Crippen LogP contribution is -2.34. The summed E-state index contributed by atoms with van der Waals surface area (Å²) in [6.07, 6.45) is 6.30. The van der Waals surface area contributed by atoms with Crippen molar-refractivity contribution < 1.29 is 4.79 Å². The number of fused-ring (bicyclic) bond motifs is 2. The van der Waals surface area contributed by atoms with Gasteiger partial charge in [0.25, 0.3) is 0 Å². The van der Waals surface area contributed by atoms with E-state index in [9.17, 15) is 4.79 Å². The first-order valence-electron chi connectivity index (χ1n) is 4.23. The van der Waals surface area contributed by atoms with Crippen molar-refractivity contribution in [2.75, 3.05) is 0 Å². The number of amides is 1. The first kappa shape index (κ1) is 6.89. The summed E-state index contributed by atoms with van der Waals surface area (Å²) in [6.45, 7) is 2.08. The molecule has 11 heavy (non-hydrogen) atoms. The van der Waals surface area contributed by atoms with Crippen molar-refractivity contribution >= 4 is 5.91 Å². The zero-order valence-corrected chi connectivity index (χ0v) is 6.71. The number of carbonyl (C=O) groups excluding carboxylic acids is 1. The van der Waals surface area contributed by atoms with Crippen LogP contribution < -0.4 is 5.32 Å². The van der Waals surface area contributed by atoms with Crippen molar-refractivity contribution in [3.8, 4) is 0 Å². The molecule has 2 rings (SSSR count). The maximum Gasteiger partial charge on any atom is 0.220 e. The molecule has 1 aliphatic heterocycles. The molecule has 0 saturated carbocycles. The highest BCUT2D eigenvalue weighted by atomic mass is 16.1. The molecule has 2 heteroatoms. The molecule has 1 N–H and O–H groups in total. The Labute approximate surface area is 66.7 Å². The van der Waals surface area contributed by atoms with Crippen molar-refractivity contribution in [2.24, 2.45) is 11.8 Å². The van der Waals surface area contributed by atoms with Gasteiger partial charge in [-0.2, -0.15) is 0 Å². The van der Waals surface area contributed by atoms with E-state index in [4.69, 9.17) is 0 Å². The highest BCUT2D eigenvalue weighted by Gasteiger charge is 2.29. The van der Waals surface area contributed by atoms with Crippen LogP contribution in [0.25, 0.3) is 0 Å². The van der Waals surface area contributed by atoms with Crippen LogP contribution in [0.15, 0.2) is 12.2 Å². The van der Waals surface area contributed by atoms with E-state index in [1.54, 1.807) is 0 Å². The van der Waals surface area contributed by atoms with Crippen LogP contribution in [-0.2, 0) is 4.79 Å². The van der Waals surface area contributed by atoms with E-state index in [0.29, 0.717) is 24.3 Å². The summed E-state index contributed by atoms with van der Waals surface area (Å²) in [5, 5.41) is 2.98. The van der Waals surface area contributed by atoms with Gasteiger partial charge >= 0.3 is 0 Å². The SMILES string of the molecule is CC1NC(=O)C[C@@H]2C=C[C@H]1C2. The summed E-state index contributed by atoms with van der Waals surface area (Å²) >= 11 is 0. The number of carbonyl (C=O) groups is 1. The average Bonchev–Trinajstić information content (AvgIpc) is 2.29. The molecular weight excluding hydrogens is 138 g/mol. The van der Waals surface area contributed by atoms with E-state index in [1.165, 1.54) is 6.42 Å². The van der Waals surface area contributed by atoms with E-state index in [1.807, 2.05) is 0 Å². The van der Waals surface area contributed by atoms with Crippen LogP contribution in [0.5, 0.6) is 0 Å². The monoisotopic (exact) mass is 151 g/mol. The third kappa shape index (κ3) is 1.17. The first-order valence-corrected chi connectivity index (χ1v) is 4.23. The molecule has 0 aromatic rings. The molecule has 60 valence electrons. The maximum absolute atomic E-state index is 11.1. The smallest absolute Gasteiger partial charge is 0.220 e. The Morgan fingerprint density at radius 2 is 2.36 bits per heavy atom. The van der Waals surface area contributed by atoms with Gasteiger partial charge in [-0.05, 0) is 25.2 Å². The molecule has 2 bridgehead atoms. The highest BCUT2D eigenvalue weighted by molar-refractivity contribution is 5.77. The Morgan fingerprint density at radius 3 is 3.18 bits per heavy atom. The molecule has 1 fully saturated rings. The van der Waals surface area contributed by atoms with Crippen molar-refractivity contribution in [3.05, 3.63) is 12.2 Å². The quantitative estimate of drug-likeness (QED) is 0.516. The normalized spacial score (nSPS) is 41.9. The van der Waals surface area contributed by atoms with Crippen molar-refractivity contribution in [2.45, 2.75) is 25.8 Å². The zero-order valence-electron chi connectivity index (χ0n) is 6.71. The lowest BCUT2D eigenvalue weighted by atomic mass is 9.98. The molecule has 1 aliphatic carbocycles. The first-order chi connectivity index (χ1) is 5.25. The molecule has 1 saturated heterocycles. The van der Waals surface area contributed by atoms with Crippen LogP contribution in [0, 0.1) is 11.8 Å². The molecule has 0 aromatic heterocycles. The van der Waals surface area contributed by atoms with Crippen LogP contribution >= 0.6 is 0 Å². The van der Waals surface area contributed by atoms with E-state index in [0.717, 1.165) is 0 Å². The van der Waals surface area contributed by atoms with E-state index >= 15 is 0 Å². The predicted molar refractivity (Wildman–Crippen MR) is 43.0 cm³/mol. The zero-order chi connectivity index (χ0) is 7.84. The number of allylic oxidation sites excluding steroid dienone is 1. The molecule has 2 aliphatic rings. The summed E-state index contributed by atoms with van der Waals surface area (Å²) in [5.41, 5.74) is 0. The molecule has 1 unspecified atom stereocenters. The Bertz CT molecular complexity index is 210. The van der Waals surface area contributed by atoms with Gasteiger partial charge in [0.15, 0.2) is 0 Å². The third-order valence-corrected chi connectivity index (χ3v) is 2.68. The van der Waals surface area contributed by atoms with Crippen molar-refractivity contribution in [3.63, 3.8) is 0 Å². The fourth-order valence-electron chi connectivity index (χ4n) is 1.99. The summed E-state index contributed by atoms with van der Waals surface area (Å²) in [5.74, 6) is 1.32.